The molecule has 0 atom stereocenters. The molecule has 4 aromatic carbocycles. The molecule has 1 radical (unpaired) electrons. The molecule has 0 unspecified atom stereocenters. The zero-order chi connectivity index (χ0) is 33.1. The first-order valence-electron chi connectivity index (χ1n) is 16.1. The summed E-state index contributed by atoms with van der Waals surface area (Å²) in [6.45, 7) is 5.53. The Morgan fingerprint density at radius 1 is 0.633 bits per heavy atom. The van der Waals surface area contributed by atoms with Gasteiger partial charge in [0.05, 0.1) is 6.20 Å². The molecule has 0 spiro atoms. The Morgan fingerprint density at radius 3 is 1.86 bits per heavy atom. The van der Waals surface area contributed by atoms with Gasteiger partial charge in [-0.05, 0) is 52.5 Å². The minimum atomic E-state index is 0. The molecule has 49 heavy (non-hydrogen) atoms. The molecular formula is C44H37IrN4-3. The van der Waals surface area contributed by atoms with Crippen LogP contribution in [0.25, 0.3) is 55.6 Å². The van der Waals surface area contributed by atoms with Gasteiger partial charge in [0.25, 0.3) is 0 Å². The molecule has 5 heteroatoms. The molecule has 4 heterocycles. The summed E-state index contributed by atoms with van der Waals surface area (Å²) in [5.74, 6) is 0.601. The first-order valence-corrected chi connectivity index (χ1v) is 16.1. The summed E-state index contributed by atoms with van der Waals surface area (Å²) in [6.07, 6.45) is 5.54. The van der Waals surface area contributed by atoms with Crippen molar-refractivity contribution in [3.63, 3.8) is 0 Å². The third-order valence-corrected chi connectivity index (χ3v) is 7.77. The summed E-state index contributed by atoms with van der Waals surface area (Å²) in [7, 11) is 3.89. The van der Waals surface area contributed by atoms with Crippen molar-refractivity contribution in [3.05, 3.63) is 183 Å². The first-order chi connectivity index (χ1) is 23.6. The Labute approximate surface area is 303 Å². The molecule has 0 amide bonds. The molecule has 0 saturated heterocycles. The van der Waals surface area contributed by atoms with Gasteiger partial charge in [0, 0.05) is 51.6 Å². The van der Waals surface area contributed by atoms with Crippen LogP contribution in [0.1, 0.15) is 13.8 Å². The van der Waals surface area contributed by atoms with E-state index in [4.69, 9.17) is 0 Å². The van der Waals surface area contributed by atoms with Gasteiger partial charge in [-0.25, -0.2) is 0 Å². The van der Waals surface area contributed by atoms with Crippen LogP contribution in [0.5, 0.6) is 0 Å². The molecule has 8 rings (SSSR count). The Morgan fingerprint density at radius 2 is 1.24 bits per heavy atom. The molecule has 4 aromatic heterocycles. The molecule has 4 nitrogen and oxygen atoms in total. The predicted octanol–water partition coefficient (Wildman–Crippen LogP) is 9.94. The number of rotatable bonds is 5. The number of fused-ring (bicyclic) bond motifs is 3. The standard InChI is InChI=1S/C21H19N2.C12H10N.C11H8N.Ir/c1-15(2)14-23-20-9-4-3-7-17(20)18-13-16(10-11-21(18)23)19-8-5-6-12-22-19;1-13-10-6-5-9-12(13)11-7-3-2-4-8-11;1-2-6-10(7-3-1)11-8-4-5-9-12-11;/h3-9,11-13,15H,14H2,1-2H3;2-7,9-10H,1H2;1-6,8-9H;/q3*-1;. The van der Waals surface area contributed by atoms with E-state index >= 15 is 0 Å². The van der Waals surface area contributed by atoms with Gasteiger partial charge in [-0.3, -0.25) is 0 Å². The van der Waals surface area contributed by atoms with Crippen LogP contribution in [-0.4, -0.2) is 14.5 Å². The second-order valence-electron chi connectivity index (χ2n) is 11.7. The molecule has 0 aliphatic rings. The van der Waals surface area contributed by atoms with Gasteiger partial charge in [-0.1, -0.05) is 79.4 Å². The summed E-state index contributed by atoms with van der Waals surface area (Å²) in [5.41, 5.74) is 8.71. The van der Waals surface area contributed by atoms with Gasteiger partial charge < -0.3 is 19.1 Å². The second kappa shape index (κ2) is 17.2. The Bertz CT molecular complexity index is 2140. The Kier molecular flexibility index (Phi) is 12.3. The molecule has 0 aliphatic heterocycles. The van der Waals surface area contributed by atoms with E-state index in [9.17, 15) is 0 Å². The van der Waals surface area contributed by atoms with E-state index in [1.165, 1.54) is 21.8 Å². The number of hydrogen-bond donors (Lipinski definition) is 0. The fourth-order valence-electron chi connectivity index (χ4n) is 5.57. The van der Waals surface area contributed by atoms with Crippen molar-refractivity contribution in [2.24, 2.45) is 5.92 Å². The molecule has 245 valence electrons. The fourth-order valence-corrected chi connectivity index (χ4v) is 5.57. The molecular weight excluding hydrogens is 777 g/mol. The van der Waals surface area contributed by atoms with Gasteiger partial charge in [-0.2, -0.15) is 0 Å². The van der Waals surface area contributed by atoms with Crippen LogP contribution in [-0.2, 0) is 26.7 Å². The Balaban J connectivity index is 0.000000154. The number of benzene rings is 4. The van der Waals surface area contributed by atoms with Gasteiger partial charge in [0.2, 0.25) is 0 Å². The third-order valence-electron chi connectivity index (χ3n) is 7.77. The summed E-state index contributed by atoms with van der Waals surface area (Å²) < 4.78 is 4.25. The molecule has 0 bridgehead atoms. The van der Waals surface area contributed by atoms with Crippen LogP contribution in [0.15, 0.2) is 158 Å². The molecule has 0 aliphatic carbocycles. The summed E-state index contributed by atoms with van der Waals surface area (Å²) in [5, 5.41) is 2.58. The van der Waals surface area contributed by atoms with E-state index in [2.05, 4.69) is 90.0 Å². The number of pyridine rings is 3. The van der Waals surface area contributed by atoms with Crippen molar-refractivity contribution in [2.75, 3.05) is 0 Å². The monoisotopic (exact) mass is 814 g/mol. The van der Waals surface area contributed by atoms with Gasteiger partial charge in [0.15, 0.2) is 0 Å². The first kappa shape index (κ1) is 35.0. The van der Waals surface area contributed by atoms with Crippen LogP contribution in [0.3, 0.4) is 0 Å². The normalized spacial score (nSPS) is 10.4. The van der Waals surface area contributed by atoms with Crippen molar-refractivity contribution >= 4 is 21.8 Å². The maximum atomic E-state index is 4.45. The van der Waals surface area contributed by atoms with Crippen molar-refractivity contribution in [3.8, 4) is 33.8 Å². The summed E-state index contributed by atoms with van der Waals surface area (Å²) >= 11 is 0. The van der Waals surface area contributed by atoms with E-state index in [-0.39, 0.29) is 20.1 Å². The number of aromatic nitrogens is 4. The number of para-hydroxylation sites is 1. The minimum Gasteiger partial charge on any atom is -0.380 e. The summed E-state index contributed by atoms with van der Waals surface area (Å²) in [6, 6.07) is 56.2. The average molecular weight is 814 g/mol. The van der Waals surface area contributed by atoms with Crippen LogP contribution in [0.4, 0.5) is 0 Å². The van der Waals surface area contributed by atoms with E-state index in [0.29, 0.717) is 5.92 Å². The largest absolute Gasteiger partial charge is 0.380 e. The van der Waals surface area contributed by atoms with Crippen LogP contribution in [0.2, 0.25) is 0 Å². The molecule has 0 N–H and O–H groups in total. The smallest absolute Gasteiger partial charge is 0.115 e. The maximum absolute atomic E-state index is 4.45. The van der Waals surface area contributed by atoms with E-state index < -0.39 is 0 Å². The topological polar surface area (TPSA) is 34.6 Å². The van der Waals surface area contributed by atoms with Crippen LogP contribution >= 0.6 is 0 Å². The van der Waals surface area contributed by atoms with Gasteiger partial charge >= 0.3 is 0 Å². The van der Waals surface area contributed by atoms with Crippen LogP contribution < -0.4 is 4.57 Å². The minimum absolute atomic E-state index is 0. The third kappa shape index (κ3) is 8.77. The van der Waals surface area contributed by atoms with E-state index in [0.717, 1.165) is 40.3 Å². The quantitative estimate of drug-likeness (QED) is 0.128. The molecule has 0 fully saturated rings. The van der Waals surface area contributed by atoms with Crippen molar-refractivity contribution in [1.82, 2.24) is 14.5 Å². The van der Waals surface area contributed by atoms with Gasteiger partial charge in [-0.15, -0.1) is 90.0 Å². The predicted molar refractivity (Wildman–Crippen MR) is 197 cm³/mol. The zero-order valence-corrected chi connectivity index (χ0v) is 30.0. The Hall–Kier alpha value is -5.35. The fraction of sp³-hybridized carbons (Fsp3) is 0.0909. The van der Waals surface area contributed by atoms with E-state index in [1.807, 2.05) is 120 Å². The SMILES string of the molecule is CC(C)Cn1c2c[c-]c(-c3ccccn3)cc2c2ccccc21.[CH2-][n+]1ccccc1-c1[c-]cccc1.[Ir].[c-]1ccccc1-c1ccccn1. The van der Waals surface area contributed by atoms with Gasteiger partial charge in [0.1, 0.15) is 5.69 Å². The van der Waals surface area contributed by atoms with Crippen molar-refractivity contribution in [2.45, 2.75) is 20.4 Å². The molecule has 0 saturated carbocycles. The average Bonchev–Trinajstić information content (AvgIpc) is 3.46. The van der Waals surface area contributed by atoms with Crippen LogP contribution in [0, 0.1) is 31.2 Å². The van der Waals surface area contributed by atoms with E-state index in [1.54, 1.807) is 6.20 Å². The zero-order valence-electron chi connectivity index (χ0n) is 27.6. The maximum Gasteiger partial charge on any atom is 0.115 e. The summed E-state index contributed by atoms with van der Waals surface area (Å²) in [4.78, 5) is 8.67. The van der Waals surface area contributed by atoms with Crippen molar-refractivity contribution < 1.29 is 24.7 Å². The number of nitrogens with zero attached hydrogens (tertiary/aromatic N) is 4. The molecule has 8 aromatic rings. The van der Waals surface area contributed by atoms with Crippen molar-refractivity contribution in [1.29, 1.82) is 0 Å². The number of hydrogen-bond acceptors (Lipinski definition) is 2. The second-order valence-corrected chi connectivity index (χ2v) is 11.7.